The van der Waals surface area contributed by atoms with E-state index >= 15 is 0 Å². The summed E-state index contributed by atoms with van der Waals surface area (Å²) in [6.07, 6.45) is 2.28. The van der Waals surface area contributed by atoms with E-state index in [1.807, 2.05) is 6.07 Å². The molecule has 0 heterocycles. The number of nitro benzene ring substituents is 2. The van der Waals surface area contributed by atoms with Crippen LogP contribution in [0.25, 0.3) is 0 Å². The van der Waals surface area contributed by atoms with E-state index in [1.54, 1.807) is 18.2 Å². The third kappa shape index (κ3) is 4.42. The Kier molecular flexibility index (Phi) is 5.35. The molecular formula is C15H15BrN4O4. The smallest absolute Gasteiger partial charge is 0.293 e. The Morgan fingerprint density at radius 1 is 0.917 bits per heavy atom. The van der Waals surface area contributed by atoms with E-state index in [4.69, 9.17) is 11.5 Å². The first-order chi connectivity index (χ1) is 11.3. The molecule has 0 spiro atoms. The zero-order chi connectivity index (χ0) is 17.9. The minimum absolute atomic E-state index is 0.0319. The second kappa shape index (κ2) is 7.26. The molecule has 0 amide bonds. The van der Waals surface area contributed by atoms with Crippen LogP contribution in [-0.2, 0) is 0 Å². The Balaban J connectivity index is 0.000000177. The molecule has 9 heteroatoms. The van der Waals surface area contributed by atoms with E-state index in [0.29, 0.717) is 10.4 Å². The molecular weight excluding hydrogens is 380 g/mol. The zero-order valence-electron chi connectivity index (χ0n) is 12.5. The van der Waals surface area contributed by atoms with Crippen molar-refractivity contribution in [3.8, 4) is 0 Å². The van der Waals surface area contributed by atoms with Crippen LogP contribution in [0.2, 0.25) is 0 Å². The number of hydrogen-bond donors (Lipinski definition) is 2. The van der Waals surface area contributed by atoms with Gasteiger partial charge in [0.1, 0.15) is 11.4 Å². The van der Waals surface area contributed by atoms with Crippen LogP contribution in [0.4, 0.5) is 22.7 Å². The molecule has 0 atom stereocenters. The van der Waals surface area contributed by atoms with Gasteiger partial charge in [-0.2, -0.15) is 0 Å². The standard InChI is InChI=1S/C9H10N2O2.C6H5BrN2O2/c10-8-4-3-7(6-1-2-6)5-9(8)11(12)13;7-4-1-2-5(8)6(3-4)9(10)11/h3-6H,1-2,10H2;1-3H,8H2. The van der Waals surface area contributed by atoms with Gasteiger partial charge >= 0.3 is 0 Å². The number of nitro groups is 2. The molecule has 2 aromatic carbocycles. The molecule has 1 aliphatic rings. The van der Waals surface area contributed by atoms with E-state index in [-0.39, 0.29) is 22.7 Å². The van der Waals surface area contributed by atoms with Gasteiger partial charge in [0, 0.05) is 16.6 Å². The second-order valence-corrected chi connectivity index (χ2v) is 6.23. The van der Waals surface area contributed by atoms with Crippen LogP contribution in [0.3, 0.4) is 0 Å². The summed E-state index contributed by atoms with van der Waals surface area (Å²) in [5, 5.41) is 20.8. The molecule has 1 fully saturated rings. The van der Waals surface area contributed by atoms with E-state index < -0.39 is 9.85 Å². The summed E-state index contributed by atoms with van der Waals surface area (Å²) in [7, 11) is 0. The molecule has 0 aliphatic heterocycles. The maximum absolute atomic E-state index is 10.5. The molecule has 0 aromatic heterocycles. The summed E-state index contributed by atoms with van der Waals surface area (Å²) in [6, 6.07) is 9.60. The Morgan fingerprint density at radius 2 is 1.42 bits per heavy atom. The van der Waals surface area contributed by atoms with Gasteiger partial charge in [0.15, 0.2) is 0 Å². The van der Waals surface area contributed by atoms with E-state index in [2.05, 4.69) is 15.9 Å². The predicted octanol–water partition coefficient (Wildman–Crippen LogP) is 3.99. The topological polar surface area (TPSA) is 138 Å². The molecule has 2 aromatic rings. The Bertz CT molecular complexity index is 793. The number of halogens is 1. The number of nitrogen functional groups attached to an aromatic ring is 2. The summed E-state index contributed by atoms with van der Waals surface area (Å²) in [5.41, 5.74) is 12.2. The molecule has 0 bridgehead atoms. The largest absolute Gasteiger partial charge is 0.393 e. The highest BCUT2D eigenvalue weighted by Gasteiger charge is 2.25. The molecule has 24 heavy (non-hydrogen) atoms. The molecule has 0 radical (unpaired) electrons. The number of anilines is 2. The van der Waals surface area contributed by atoms with Crippen molar-refractivity contribution in [1.29, 1.82) is 0 Å². The van der Waals surface area contributed by atoms with Crippen molar-refractivity contribution >= 4 is 38.7 Å². The molecule has 3 rings (SSSR count). The van der Waals surface area contributed by atoms with Crippen molar-refractivity contribution < 1.29 is 9.85 Å². The fourth-order valence-corrected chi connectivity index (χ4v) is 2.41. The maximum atomic E-state index is 10.5. The lowest BCUT2D eigenvalue weighted by atomic mass is 10.1. The zero-order valence-corrected chi connectivity index (χ0v) is 14.1. The third-order valence-corrected chi connectivity index (χ3v) is 3.98. The van der Waals surface area contributed by atoms with Crippen molar-refractivity contribution in [1.82, 2.24) is 0 Å². The first-order valence-electron chi connectivity index (χ1n) is 7.03. The van der Waals surface area contributed by atoms with E-state index in [1.165, 1.54) is 12.1 Å². The quantitative estimate of drug-likeness (QED) is 0.458. The Hall–Kier alpha value is -2.68. The van der Waals surface area contributed by atoms with Gasteiger partial charge in [-0.3, -0.25) is 20.2 Å². The summed E-state index contributed by atoms with van der Waals surface area (Å²) >= 11 is 3.10. The highest BCUT2D eigenvalue weighted by molar-refractivity contribution is 9.10. The molecule has 0 unspecified atom stereocenters. The first kappa shape index (κ1) is 17.7. The summed E-state index contributed by atoms with van der Waals surface area (Å²) in [4.78, 5) is 19.9. The monoisotopic (exact) mass is 394 g/mol. The summed E-state index contributed by atoms with van der Waals surface area (Å²) in [5.74, 6) is 0.527. The van der Waals surface area contributed by atoms with Crippen molar-refractivity contribution in [3.63, 3.8) is 0 Å². The van der Waals surface area contributed by atoms with Gasteiger partial charge in [0.25, 0.3) is 11.4 Å². The summed E-state index contributed by atoms with van der Waals surface area (Å²) in [6.45, 7) is 0. The van der Waals surface area contributed by atoms with Crippen molar-refractivity contribution in [3.05, 3.63) is 66.7 Å². The minimum atomic E-state index is -0.514. The molecule has 8 nitrogen and oxygen atoms in total. The minimum Gasteiger partial charge on any atom is -0.393 e. The SMILES string of the molecule is Nc1ccc(Br)cc1[N+](=O)[O-].Nc1ccc(C2CC2)cc1[N+](=O)[O-]. The molecule has 4 N–H and O–H groups in total. The predicted molar refractivity (Wildman–Crippen MR) is 94.7 cm³/mol. The van der Waals surface area contributed by atoms with Crippen LogP contribution in [0.1, 0.15) is 24.3 Å². The van der Waals surface area contributed by atoms with Crippen molar-refractivity contribution in [2.45, 2.75) is 18.8 Å². The highest BCUT2D eigenvalue weighted by atomic mass is 79.9. The summed E-state index contributed by atoms with van der Waals surface area (Å²) < 4.78 is 0.651. The number of nitrogens with two attached hydrogens (primary N) is 2. The van der Waals surface area contributed by atoms with Crippen LogP contribution in [-0.4, -0.2) is 9.85 Å². The number of hydrogen-bond acceptors (Lipinski definition) is 6. The lowest BCUT2D eigenvalue weighted by Gasteiger charge is -2.00. The Labute approximate surface area is 145 Å². The average molecular weight is 395 g/mol. The lowest BCUT2D eigenvalue weighted by Crippen LogP contribution is -1.96. The van der Waals surface area contributed by atoms with Gasteiger partial charge in [-0.1, -0.05) is 22.0 Å². The third-order valence-electron chi connectivity index (χ3n) is 3.49. The highest BCUT2D eigenvalue weighted by Crippen LogP contribution is 2.41. The molecule has 126 valence electrons. The van der Waals surface area contributed by atoms with Crippen LogP contribution >= 0.6 is 15.9 Å². The van der Waals surface area contributed by atoms with Gasteiger partial charge in [-0.25, -0.2) is 0 Å². The van der Waals surface area contributed by atoms with Gasteiger partial charge in [0.2, 0.25) is 0 Å². The Morgan fingerprint density at radius 3 is 1.88 bits per heavy atom. The number of benzene rings is 2. The van der Waals surface area contributed by atoms with Crippen LogP contribution < -0.4 is 11.5 Å². The molecule has 1 saturated carbocycles. The van der Waals surface area contributed by atoms with Crippen LogP contribution in [0.15, 0.2) is 40.9 Å². The second-order valence-electron chi connectivity index (χ2n) is 5.31. The molecule has 1 aliphatic carbocycles. The lowest BCUT2D eigenvalue weighted by molar-refractivity contribution is -0.384. The molecule has 0 saturated heterocycles. The number of nitrogens with zero attached hydrogens (tertiary/aromatic N) is 2. The van der Waals surface area contributed by atoms with Gasteiger partial charge in [-0.15, -0.1) is 0 Å². The average Bonchev–Trinajstić information content (AvgIpc) is 3.35. The van der Waals surface area contributed by atoms with Gasteiger partial charge in [0.05, 0.1) is 9.85 Å². The van der Waals surface area contributed by atoms with E-state index in [9.17, 15) is 20.2 Å². The van der Waals surface area contributed by atoms with E-state index in [0.717, 1.165) is 18.4 Å². The van der Waals surface area contributed by atoms with Crippen LogP contribution in [0, 0.1) is 20.2 Å². The number of rotatable bonds is 3. The first-order valence-corrected chi connectivity index (χ1v) is 7.82. The van der Waals surface area contributed by atoms with Gasteiger partial charge in [-0.05, 0) is 42.5 Å². The fraction of sp³-hybridized carbons (Fsp3) is 0.200. The van der Waals surface area contributed by atoms with Crippen LogP contribution in [0.5, 0.6) is 0 Å². The fourth-order valence-electron chi connectivity index (χ4n) is 2.06. The van der Waals surface area contributed by atoms with Crippen molar-refractivity contribution in [2.24, 2.45) is 0 Å². The van der Waals surface area contributed by atoms with Crippen molar-refractivity contribution in [2.75, 3.05) is 11.5 Å². The van der Waals surface area contributed by atoms with Gasteiger partial charge < -0.3 is 11.5 Å². The maximum Gasteiger partial charge on any atom is 0.293 e. The normalized spacial score (nSPS) is 12.9.